The minimum absolute atomic E-state index is 0.0172. The SMILES string of the molecule is CC1CC=CC(S(=O)(=O)Cl)=N1. The third-order valence-corrected chi connectivity index (χ3v) is 2.55. The highest BCUT2D eigenvalue weighted by molar-refractivity contribution is 8.26. The Morgan fingerprint density at radius 2 is 2.36 bits per heavy atom. The predicted octanol–water partition coefficient (Wildman–Crippen LogP) is 1.30. The number of nitrogens with zero attached hydrogens (tertiary/aromatic N) is 1. The second kappa shape index (κ2) is 2.95. The molecule has 1 unspecified atom stereocenters. The van der Waals surface area contributed by atoms with E-state index in [0.29, 0.717) is 0 Å². The molecule has 0 aromatic heterocycles. The summed E-state index contributed by atoms with van der Waals surface area (Å²) in [6.07, 6.45) is 3.96. The molecule has 0 bridgehead atoms. The molecule has 0 aromatic rings. The molecule has 0 aromatic carbocycles. The molecule has 0 saturated heterocycles. The van der Waals surface area contributed by atoms with E-state index >= 15 is 0 Å². The highest BCUT2D eigenvalue weighted by Gasteiger charge is 2.16. The van der Waals surface area contributed by atoms with Gasteiger partial charge in [-0.25, -0.2) is 8.42 Å². The molecule has 1 atom stereocenters. The van der Waals surface area contributed by atoms with Crippen LogP contribution in [0.4, 0.5) is 0 Å². The Bertz CT molecular complexity index is 305. The van der Waals surface area contributed by atoms with Crippen molar-refractivity contribution in [3.8, 4) is 0 Å². The summed E-state index contributed by atoms with van der Waals surface area (Å²) in [5.74, 6) is 0. The van der Waals surface area contributed by atoms with Crippen molar-refractivity contribution >= 4 is 24.8 Å². The predicted molar refractivity (Wildman–Crippen MR) is 45.4 cm³/mol. The van der Waals surface area contributed by atoms with Crippen LogP contribution in [0.15, 0.2) is 17.1 Å². The van der Waals surface area contributed by atoms with E-state index in [-0.39, 0.29) is 11.1 Å². The molecule has 1 aliphatic heterocycles. The summed E-state index contributed by atoms with van der Waals surface area (Å²) in [5.41, 5.74) is 0. The molecule has 0 amide bonds. The van der Waals surface area contributed by atoms with Crippen LogP contribution in [0.2, 0.25) is 0 Å². The summed E-state index contributed by atoms with van der Waals surface area (Å²) in [4.78, 5) is 3.86. The van der Waals surface area contributed by atoms with Crippen LogP contribution < -0.4 is 0 Å². The van der Waals surface area contributed by atoms with Crippen LogP contribution in [-0.4, -0.2) is 19.5 Å². The Hall–Kier alpha value is -0.350. The van der Waals surface area contributed by atoms with Crippen molar-refractivity contribution in [3.05, 3.63) is 12.2 Å². The van der Waals surface area contributed by atoms with Gasteiger partial charge in [0.1, 0.15) is 0 Å². The second-order valence-corrected chi connectivity index (χ2v) is 4.91. The topological polar surface area (TPSA) is 46.5 Å². The lowest BCUT2D eigenvalue weighted by Gasteiger charge is -2.08. The summed E-state index contributed by atoms with van der Waals surface area (Å²) in [5, 5.41) is -0.0297. The summed E-state index contributed by atoms with van der Waals surface area (Å²) in [6.45, 7) is 1.84. The zero-order valence-electron chi connectivity index (χ0n) is 5.99. The minimum Gasteiger partial charge on any atom is -0.269 e. The van der Waals surface area contributed by atoms with Crippen molar-refractivity contribution in [3.63, 3.8) is 0 Å². The largest absolute Gasteiger partial charge is 0.278 e. The van der Waals surface area contributed by atoms with Crippen molar-refractivity contribution in [2.24, 2.45) is 4.99 Å². The van der Waals surface area contributed by atoms with Gasteiger partial charge in [-0.2, -0.15) is 0 Å². The van der Waals surface area contributed by atoms with E-state index in [1.54, 1.807) is 6.08 Å². The van der Waals surface area contributed by atoms with Crippen molar-refractivity contribution in [2.75, 3.05) is 0 Å². The standard InChI is InChI=1S/C6H8ClNO2S/c1-5-3-2-4-6(8-5)11(7,9)10/h2,4-5H,3H2,1H3. The van der Waals surface area contributed by atoms with Gasteiger partial charge in [0.25, 0.3) is 9.05 Å². The lowest BCUT2D eigenvalue weighted by Crippen LogP contribution is -2.13. The van der Waals surface area contributed by atoms with Gasteiger partial charge in [-0.05, 0) is 19.4 Å². The van der Waals surface area contributed by atoms with Gasteiger partial charge < -0.3 is 0 Å². The monoisotopic (exact) mass is 193 g/mol. The maximum Gasteiger partial charge on any atom is 0.278 e. The molecule has 5 heteroatoms. The lowest BCUT2D eigenvalue weighted by molar-refractivity contribution is 0.618. The molecular formula is C6H8ClNO2S. The average molecular weight is 194 g/mol. The third kappa shape index (κ3) is 2.31. The fourth-order valence-corrected chi connectivity index (χ4v) is 1.66. The molecule has 0 N–H and O–H groups in total. The smallest absolute Gasteiger partial charge is 0.269 e. The fourth-order valence-electron chi connectivity index (χ4n) is 0.823. The van der Waals surface area contributed by atoms with Gasteiger partial charge in [0.15, 0.2) is 5.04 Å². The quantitative estimate of drug-likeness (QED) is 0.545. The first-order valence-electron chi connectivity index (χ1n) is 3.19. The normalized spacial score (nSPS) is 24.9. The number of aliphatic imine (C=N–C) groups is 1. The van der Waals surface area contributed by atoms with E-state index in [1.165, 1.54) is 6.08 Å². The van der Waals surface area contributed by atoms with Gasteiger partial charge in [0.2, 0.25) is 0 Å². The first kappa shape index (κ1) is 8.74. The molecule has 0 fully saturated rings. The number of dihydropyridines is 1. The van der Waals surface area contributed by atoms with Gasteiger partial charge >= 0.3 is 0 Å². The molecule has 1 aliphatic rings. The maximum atomic E-state index is 10.7. The first-order valence-corrected chi connectivity index (χ1v) is 5.50. The maximum absolute atomic E-state index is 10.7. The average Bonchev–Trinajstić information content (AvgIpc) is 1.86. The van der Waals surface area contributed by atoms with Gasteiger partial charge in [-0.1, -0.05) is 6.08 Å². The van der Waals surface area contributed by atoms with Crippen LogP contribution in [0.5, 0.6) is 0 Å². The highest BCUT2D eigenvalue weighted by Crippen LogP contribution is 2.11. The molecule has 0 spiro atoms. The first-order chi connectivity index (χ1) is 5.00. The second-order valence-electron chi connectivity index (χ2n) is 2.39. The van der Waals surface area contributed by atoms with E-state index in [2.05, 4.69) is 4.99 Å². The molecule has 1 rings (SSSR count). The Morgan fingerprint density at radius 3 is 2.73 bits per heavy atom. The molecule has 3 nitrogen and oxygen atoms in total. The van der Waals surface area contributed by atoms with E-state index in [1.807, 2.05) is 6.92 Å². The van der Waals surface area contributed by atoms with Gasteiger partial charge in [-0.3, -0.25) is 4.99 Å². The minimum atomic E-state index is -3.62. The fraction of sp³-hybridized carbons (Fsp3) is 0.500. The summed E-state index contributed by atoms with van der Waals surface area (Å²) in [6, 6.07) is 0.0172. The van der Waals surface area contributed by atoms with Gasteiger partial charge in [-0.15, -0.1) is 0 Å². The van der Waals surface area contributed by atoms with Gasteiger partial charge in [0, 0.05) is 10.7 Å². The Kier molecular flexibility index (Phi) is 2.34. The molecule has 0 saturated carbocycles. The van der Waals surface area contributed by atoms with Crippen LogP contribution in [0.25, 0.3) is 0 Å². The molecule has 11 heavy (non-hydrogen) atoms. The molecule has 62 valence electrons. The zero-order chi connectivity index (χ0) is 8.48. The Balaban J connectivity index is 2.98. The van der Waals surface area contributed by atoms with Gasteiger partial charge in [0.05, 0.1) is 6.04 Å². The molecule has 1 heterocycles. The molecule has 0 radical (unpaired) electrons. The third-order valence-electron chi connectivity index (χ3n) is 1.34. The Morgan fingerprint density at radius 1 is 1.73 bits per heavy atom. The van der Waals surface area contributed by atoms with Crippen LogP contribution >= 0.6 is 10.7 Å². The van der Waals surface area contributed by atoms with E-state index in [9.17, 15) is 8.42 Å². The van der Waals surface area contributed by atoms with Crippen LogP contribution in [0, 0.1) is 0 Å². The molecular weight excluding hydrogens is 186 g/mol. The summed E-state index contributed by atoms with van der Waals surface area (Å²) >= 11 is 0. The van der Waals surface area contributed by atoms with Crippen LogP contribution in [-0.2, 0) is 9.05 Å². The Labute approximate surface area is 70.2 Å². The van der Waals surface area contributed by atoms with Crippen molar-refractivity contribution < 1.29 is 8.42 Å². The summed E-state index contributed by atoms with van der Waals surface area (Å²) in [7, 11) is 1.44. The van der Waals surface area contributed by atoms with E-state index < -0.39 is 9.05 Å². The van der Waals surface area contributed by atoms with Crippen molar-refractivity contribution in [1.82, 2.24) is 0 Å². The van der Waals surface area contributed by atoms with Crippen LogP contribution in [0.3, 0.4) is 0 Å². The van der Waals surface area contributed by atoms with E-state index in [4.69, 9.17) is 10.7 Å². The number of rotatable bonds is 0. The summed E-state index contributed by atoms with van der Waals surface area (Å²) < 4.78 is 21.4. The van der Waals surface area contributed by atoms with Crippen LogP contribution in [0.1, 0.15) is 13.3 Å². The lowest BCUT2D eigenvalue weighted by atomic mass is 10.2. The molecule has 0 aliphatic carbocycles. The van der Waals surface area contributed by atoms with Crippen molar-refractivity contribution in [2.45, 2.75) is 19.4 Å². The van der Waals surface area contributed by atoms with Crippen molar-refractivity contribution in [1.29, 1.82) is 0 Å². The zero-order valence-corrected chi connectivity index (χ0v) is 7.56. The van der Waals surface area contributed by atoms with E-state index in [0.717, 1.165) is 6.42 Å². The highest BCUT2D eigenvalue weighted by atomic mass is 35.7. The number of hydrogen-bond acceptors (Lipinski definition) is 3. The number of halogens is 1. The number of hydrogen-bond donors (Lipinski definition) is 0.